The minimum atomic E-state index is -3.70. The number of hydrogen-bond acceptors (Lipinski definition) is 3. The summed E-state index contributed by atoms with van der Waals surface area (Å²) in [4.78, 5) is 3.40. The van der Waals surface area contributed by atoms with Crippen molar-refractivity contribution in [1.29, 1.82) is 0 Å². The number of pyridine rings is 1. The molecule has 1 aromatic heterocycles. The average molecular weight is 293 g/mol. The van der Waals surface area contributed by atoms with Gasteiger partial charge in [-0.15, -0.1) is 11.6 Å². The lowest BCUT2D eigenvalue weighted by atomic mass is 9.96. The molecule has 4 nitrogen and oxygen atoms in total. The molecule has 18 heavy (non-hydrogen) atoms. The van der Waals surface area contributed by atoms with Gasteiger partial charge in [0, 0.05) is 17.6 Å². The Bertz CT molecular complexity index is 516. The summed E-state index contributed by atoms with van der Waals surface area (Å²) in [5.74, 6) is -0.664. The molecule has 0 unspecified atom stereocenters. The van der Waals surface area contributed by atoms with Gasteiger partial charge in [0.25, 0.3) is 0 Å². The molecule has 1 N–H and O–H groups in total. The van der Waals surface area contributed by atoms with E-state index in [0.717, 1.165) is 31.3 Å². The van der Waals surface area contributed by atoms with Crippen molar-refractivity contribution in [2.75, 3.05) is 0 Å². The second kappa shape index (κ2) is 5.50. The van der Waals surface area contributed by atoms with E-state index >= 15 is 0 Å². The second-order valence-electron chi connectivity index (χ2n) is 4.41. The van der Waals surface area contributed by atoms with E-state index in [9.17, 15) is 12.8 Å². The standard InChI is InChI=1S/C11H14ClFN2O2S/c12-8-1-3-10(4-2-8)15-18(16,17)11-5-9(13)6-14-7-11/h5-8,10,15H,1-4H2. The van der Waals surface area contributed by atoms with E-state index in [2.05, 4.69) is 9.71 Å². The molecule has 0 atom stereocenters. The molecule has 1 fully saturated rings. The summed E-state index contributed by atoms with van der Waals surface area (Å²) in [6, 6.07) is 0.830. The Hall–Kier alpha value is -0.720. The highest BCUT2D eigenvalue weighted by Gasteiger charge is 2.25. The van der Waals surface area contributed by atoms with Gasteiger partial charge < -0.3 is 0 Å². The number of aromatic nitrogens is 1. The van der Waals surface area contributed by atoms with E-state index in [1.165, 1.54) is 0 Å². The molecule has 1 saturated carbocycles. The van der Waals surface area contributed by atoms with Gasteiger partial charge >= 0.3 is 0 Å². The van der Waals surface area contributed by atoms with E-state index in [0.29, 0.717) is 12.8 Å². The Morgan fingerprint density at radius 2 is 1.94 bits per heavy atom. The largest absolute Gasteiger partial charge is 0.260 e. The summed E-state index contributed by atoms with van der Waals surface area (Å²) in [6.45, 7) is 0. The smallest absolute Gasteiger partial charge is 0.242 e. The maximum absolute atomic E-state index is 13.0. The van der Waals surface area contributed by atoms with Crippen LogP contribution in [0, 0.1) is 5.82 Å². The number of alkyl halides is 1. The number of nitrogens with one attached hydrogen (secondary N) is 1. The molecule has 1 aliphatic carbocycles. The fourth-order valence-electron chi connectivity index (χ4n) is 2.00. The van der Waals surface area contributed by atoms with Crippen LogP contribution < -0.4 is 4.72 Å². The monoisotopic (exact) mass is 292 g/mol. The minimum absolute atomic E-state index is 0.126. The Morgan fingerprint density at radius 3 is 2.56 bits per heavy atom. The number of hydrogen-bond donors (Lipinski definition) is 1. The van der Waals surface area contributed by atoms with Crippen LogP contribution in [0.2, 0.25) is 0 Å². The van der Waals surface area contributed by atoms with Crippen LogP contribution in [0.4, 0.5) is 4.39 Å². The maximum atomic E-state index is 13.0. The molecule has 0 aliphatic heterocycles. The molecule has 100 valence electrons. The van der Waals surface area contributed by atoms with Crippen LogP contribution in [-0.4, -0.2) is 24.8 Å². The zero-order valence-electron chi connectivity index (χ0n) is 9.64. The Balaban J connectivity index is 2.08. The molecule has 0 bridgehead atoms. The van der Waals surface area contributed by atoms with Crippen LogP contribution >= 0.6 is 11.6 Å². The first-order valence-corrected chi connectivity index (χ1v) is 7.66. The van der Waals surface area contributed by atoms with Crippen molar-refractivity contribution in [3.63, 3.8) is 0 Å². The molecular formula is C11H14ClFN2O2S. The quantitative estimate of drug-likeness (QED) is 0.868. The van der Waals surface area contributed by atoms with E-state index in [4.69, 9.17) is 11.6 Å². The predicted octanol–water partition coefficient (Wildman–Crippen LogP) is 2.05. The first-order valence-electron chi connectivity index (χ1n) is 5.74. The number of sulfonamides is 1. The van der Waals surface area contributed by atoms with Gasteiger partial charge in [-0.3, -0.25) is 4.98 Å². The highest BCUT2D eigenvalue weighted by Crippen LogP contribution is 2.24. The van der Waals surface area contributed by atoms with Gasteiger partial charge in [-0.25, -0.2) is 17.5 Å². The van der Waals surface area contributed by atoms with Gasteiger partial charge in [0.05, 0.1) is 6.20 Å². The molecule has 0 amide bonds. The van der Waals surface area contributed by atoms with Gasteiger partial charge in [-0.05, 0) is 31.7 Å². The summed E-state index contributed by atoms with van der Waals surface area (Å²) < 4.78 is 39.5. The molecule has 1 heterocycles. The van der Waals surface area contributed by atoms with Crippen LogP contribution in [0.5, 0.6) is 0 Å². The van der Waals surface area contributed by atoms with Crippen molar-refractivity contribution in [1.82, 2.24) is 9.71 Å². The summed E-state index contributed by atoms with van der Waals surface area (Å²) >= 11 is 5.95. The number of halogens is 2. The minimum Gasteiger partial charge on any atom is -0.260 e. The van der Waals surface area contributed by atoms with Gasteiger partial charge in [0.1, 0.15) is 10.7 Å². The van der Waals surface area contributed by atoms with E-state index in [1.54, 1.807) is 0 Å². The van der Waals surface area contributed by atoms with E-state index in [-0.39, 0.29) is 16.3 Å². The lowest BCUT2D eigenvalue weighted by Crippen LogP contribution is -2.37. The van der Waals surface area contributed by atoms with Crippen molar-refractivity contribution in [3.05, 3.63) is 24.3 Å². The van der Waals surface area contributed by atoms with Gasteiger partial charge in [-0.2, -0.15) is 0 Å². The SMILES string of the molecule is O=S(=O)(NC1CCC(Cl)CC1)c1cncc(F)c1. The zero-order valence-corrected chi connectivity index (χ0v) is 11.2. The Kier molecular flexibility index (Phi) is 4.19. The topological polar surface area (TPSA) is 59.1 Å². The van der Waals surface area contributed by atoms with Crippen molar-refractivity contribution in [2.24, 2.45) is 0 Å². The molecule has 0 radical (unpaired) electrons. The number of nitrogens with zero attached hydrogens (tertiary/aromatic N) is 1. The van der Waals surface area contributed by atoms with Gasteiger partial charge in [-0.1, -0.05) is 0 Å². The molecule has 7 heteroatoms. The maximum Gasteiger partial charge on any atom is 0.242 e. The predicted molar refractivity (Wildman–Crippen MR) is 66.4 cm³/mol. The van der Waals surface area contributed by atoms with E-state index < -0.39 is 15.8 Å². The third-order valence-corrected chi connectivity index (χ3v) is 4.89. The summed E-state index contributed by atoms with van der Waals surface area (Å²) in [5, 5.41) is 0.126. The van der Waals surface area contributed by atoms with Crippen LogP contribution in [0.1, 0.15) is 25.7 Å². The lowest BCUT2D eigenvalue weighted by Gasteiger charge is -2.25. The zero-order chi connectivity index (χ0) is 13.2. The lowest BCUT2D eigenvalue weighted by molar-refractivity contribution is 0.416. The summed E-state index contributed by atoms with van der Waals surface area (Å²) in [5.41, 5.74) is 0. The van der Waals surface area contributed by atoms with Crippen LogP contribution in [0.3, 0.4) is 0 Å². The Morgan fingerprint density at radius 1 is 1.28 bits per heavy atom. The highest BCUT2D eigenvalue weighted by molar-refractivity contribution is 7.89. The van der Waals surface area contributed by atoms with E-state index in [1.807, 2.05) is 0 Å². The van der Waals surface area contributed by atoms with Crippen LogP contribution in [0.25, 0.3) is 0 Å². The molecule has 1 aliphatic rings. The number of rotatable bonds is 3. The molecule has 0 spiro atoms. The molecule has 2 rings (SSSR count). The summed E-state index contributed by atoms with van der Waals surface area (Å²) in [7, 11) is -3.70. The van der Waals surface area contributed by atoms with Crippen molar-refractivity contribution < 1.29 is 12.8 Å². The van der Waals surface area contributed by atoms with Gasteiger partial charge in [0.15, 0.2) is 0 Å². The molecule has 0 aromatic carbocycles. The average Bonchev–Trinajstić information content (AvgIpc) is 2.32. The highest BCUT2D eigenvalue weighted by atomic mass is 35.5. The van der Waals surface area contributed by atoms with Crippen molar-refractivity contribution in [2.45, 2.75) is 42.0 Å². The van der Waals surface area contributed by atoms with Crippen molar-refractivity contribution >= 4 is 21.6 Å². The molecule has 0 saturated heterocycles. The van der Waals surface area contributed by atoms with Crippen LogP contribution in [0.15, 0.2) is 23.4 Å². The molecule has 1 aromatic rings. The first-order chi connectivity index (χ1) is 8.47. The summed E-state index contributed by atoms with van der Waals surface area (Å²) in [6.07, 6.45) is 5.09. The third-order valence-electron chi connectivity index (χ3n) is 2.97. The normalized spacial score (nSPS) is 25.0. The van der Waals surface area contributed by atoms with Gasteiger partial charge in [0.2, 0.25) is 10.0 Å². The second-order valence-corrected chi connectivity index (χ2v) is 6.74. The van der Waals surface area contributed by atoms with Crippen LogP contribution in [-0.2, 0) is 10.0 Å². The third kappa shape index (κ3) is 3.40. The van der Waals surface area contributed by atoms with Crippen molar-refractivity contribution in [3.8, 4) is 0 Å². The fraction of sp³-hybridized carbons (Fsp3) is 0.545. The first kappa shape index (κ1) is 13.7. The fourth-order valence-corrected chi connectivity index (χ4v) is 3.53. The Labute approximate surface area is 111 Å². The molecular weight excluding hydrogens is 279 g/mol.